The first-order valence-corrected chi connectivity index (χ1v) is 8.68. The van der Waals surface area contributed by atoms with Crippen molar-refractivity contribution in [2.75, 3.05) is 11.9 Å². The number of aromatic nitrogens is 2. The first-order chi connectivity index (χ1) is 11.7. The van der Waals surface area contributed by atoms with Gasteiger partial charge in [0.1, 0.15) is 12.4 Å². The fourth-order valence-electron chi connectivity index (χ4n) is 2.27. The van der Waals surface area contributed by atoms with Gasteiger partial charge in [0.2, 0.25) is 5.91 Å². The number of thiophene rings is 1. The molecule has 0 unspecified atom stereocenters. The number of nitrogens with one attached hydrogen (secondary N) is 1. The van der Waals surface area contributed by atoms with Crippen molar-refractivity contribution in [2.24, 2.45) is 0 Å². The van der Waals surface area contributed by atoms with Crippen LogP contribution in [0.3, 0.4) is 0 Å². The third kappa shape index (κ3) is 4.23. The first kappa shape index (κ1) is 16.3. The number of imidazole rings is 1. The molecule has 124 valence electrons. The Morgan fingerprint density at radius 3 is 3.08 bits per heavy atom. The highest BCUT2D eigenvalue weighted by atomic mass is 32.1. The molecule has 1 amide bonds. The van der Waals surface area contributed by atoms with Crippen LogP contribution in [0, 0.1) is 0 Å². The highest BCUT2D eigenvalue weighted by molar-refractivity contribution is 7.08. The van der Waals surface area contributed by atoms with E-state index >= 15 is 0 Å². The summed E-state index contributed by atoms with van der Waals surface area (Å²) in [6.07, 6.45) is 5.39. The highest BCUT2D eigenvalue weighted by Gasteiger charge is 2.15. The maximum absolute atomic E-state index is 12.3. The minimum Gasteiger partial charge on any atom is -0.492 e. The van der Waals surface area contributed by atoms with Crippen molar-refractivity contribution >= 4 is 22.9 Å². The molecule has 0 spiro atoms. The summed E-state index contributed by atoms with van der Waals surface area (Å²) in [4.78, 5) is 16.3. The predicted octanol–water partition coefficient (Wildman–Crippen LogP) is 3.77. The summed E-state index contributed by atoms with van der Waals surface area (Å²) >= 11 is 1.60. The van der Waals surface area contributed by atoms with Crippen LogP contribution in [0.1, 0.15) is 18.4 Å². The van der Waals surface area contributed by atoms with Gasteiger partial charge in [-0.25, -0.2) is 4.98 Å². The van der Waals surface area contributed by atoms with Crippen molar-refractivity contribution in [3.8, 4) is 5.75 Å². The first-order valence-electron chi connectivity index (χ1n) is 7.74. The molecule has 1 aromatic carbocycles. The molecule has 1 N–H and O–H groups in total. The van der Waals surface area contributed by atoms with Gasteiger partial charge < -0.3 is 14.6 Å². The molecule has 0 aliphatic heterocycles. The summed E-state index contributed by atoms with van der Waals surface area (Å²) in [6, 6.07) is 9.43. The Hall–Kier alpha value is -2.60. The normalized spacial score (nSPS) is 11.9. The molecule has 1 atom stereocenters. The Bertz CT molecular complexity index is 769. The number of benzene rings is 1. The number of nitrogens with zero attached hydrogens (tertiary/aromatic N) is 2. The van der Waals surface area contributed by atoms with Crippen LogP contribution in [0.25, 0.3) is 0 Å². The number of hydrogen-bond donors (Lipinski definition) is 1. The number of amides is 1. The Kier molecular flexibility index (Phi) is 5.28. The Labute approximate surface area is 144 Å². The lowest BCUT2D eigenvalue weighted by Gasteiger charge is -2.12. The maximum Gasteiger partial charge on any atom is 0.231 e. The molecule has 24 heavy (non-hydrogen) atoms. The monoisotopic (exact) mass is 341 g/mol. The third-order valence-corrected chi connectivity index (χ3v) is 4.42. The molecule has 0 saturated carbocycles. The molecule has 0 fully saturated rings. The summed E-state index contributed by atoms with van der Waals surface area (Å²) in [5.74, 6) is 0.530. The molecule has 5 nitrogen and oxygen atoms in total. The van der Waals surface area contributed by atoms with Crippen LogP contribution in [-0.4, -0.2) is 22.1 Å². The average molecular weight is 341 g/mol. The topological polar surface area (TPSA) is 56.1 Å². The molecule has 0 bridgehead atoms. The van der Waals surface area contributed by atoms with Crippen molar-refractivity contribution in [1.29, 1.82) is 0 Å². The lowest BCUT2D eigenvalue weighted by molar-refractivity contribution is -0.117. The molecule has 0 aliphatic rings. The van der Waals surface area contributed by atoms with Gasteiger partial charge in [-0.1, -0.05) is 6.07 Å². The second kappa shape index (κ2) is 7.79. The van der Waals surface area contributed by atoms with E-state index in [-0.39, 0.29) is 11.8 Å². The second-order valence-electron chi connectivity index (χ2n) is 5.44. The minimum absolute atomic E-state index is 0.0241. The Morgan fingerprint density at radius 2 is 2.33 bits per heavy atom. The summed E-state index contributed by atoms with van der Waals surface area (Å²) in [5.41, 5.74) is 1.77. The van der Waals surface area contributed by atoms with E-state index < -0.39 is 0 Å². The summed E-state index contributed by atoms with van der Waals surface area (Å²) in [7, 11) is 0. The van der Waals surface area contributed by atoms with Crippen LogP contribution in [0.2, 0.25) is 0 Å². The zero-order chi connectivity index (χ0) is 16.8. The summed E-state index contributed by atoms with van der Waals surface area (Å²) < 4.78 is 7.69. The van der Waals surface area contributed by atoms with Gasteiger partial charge >= 0.3 is 0 Å². The molecule has 3 aromatic rings. The third-order valence-electron chi connectivity index (χ3n) is 3.72. The smallest absolute Gasteiger partial charge is 0.231 e. The van der Waals surface area contributed by atoms with Gasteiger partial charge in [0.05, 0.1) is 18.8 Å². The number of carbonyl (C=O) groups is 1. The van der Waals surface area contributed by atoms with E-state index in [9.17, 15) is 4.79 Å². The van der Waals surface area contributed by atoms with Gasteiger partial charge in [0.15, 0.2) is 0 Å². The van der Waals surface area contributed by atoms with Crippen molar-refractivity contribution in [3.63, 3.8) is 0 Å². The van der Waals surface area contributed by atoms with Gasteiger partial charge in [0, 0.05) is 24.1 Å². The number of ether oxygens (including phenoxy) is 1. The Morgan fingerprint density at radius 1 is 1.42 bits per heavy atom. The highest BCUT2D eigenvalue weighted by Crippen LogP contribution is 2.22. The SMILES string of the molecule is C[C@H](C(=O)Nc1cccc(OCCn2ccnc2)c1)c1ccsc1. The van der Waals surface area contributed by atoms with E-state index in [0.29, 0.717) is 6.61 Å². The standard InChI is InChI=1S/C18H19N3O2S/c1-14(15-5-10-24-12-15)18(22)20-16-3-2-4-17(11-16)23-9-8-21-7-6-19-13-21/h2-7,10-14H,8-9H2,1H3,(H,20,22)/t14-/m0/s1. The van der Waals surface area contributed by atoms with E-state index in [1.54, 1.807) is 23.9 Å². The molecule has 2 aromatic heterocycles. The van der Waals surface area contributed by atoms with Crippen LogP contribution >= 0.6 is 11.3 Å². The van der Waals surface area contributed by atoms with Crippen LogP contribution in [-0.2, 0) is 11.3 Å². The number of rotatable bonds is 7. The lowest BCUT2D eigenvalue weighted by atomic mass is 10.0. The summed E-state index contributed by atoms with van der Waals surface area (Å²) in [6.45, 7) is 3.17. The van der Waals surface area contributed by atoms with E-state index in [1.165, 1.54) is 0 Å². The molecular weight excluding hydrogens is 322 g/mol. The zero-order valence-electron chi connectivity index (χ0n) is 13.4. The molecule has 0 saturated heterocycles. The van der Waals surface area contributed by atoms with Gasteiger partial charge in [-0.2, -0.15) is 11.3 Å². The van der Waals surface area contributed by atoms with Crippen molar-refractivity contribution in [3.05, 3.63) is 65.4 Å². The van der Waals surface area contributed by atoms with Crippen LogP contribution < -0.4 is 10.1 Å². The lowest BCUT2D eigenvalue weighted by Crippen LogP contribution is -2.18. The second-order valence-corrected chi connectivity index (χ2v) is 6.22. The summed E-state index contributed by atoms with van der Waals surface area (Å²) in [5, 5.41) is 6.92. The van der Waals surface area contributed by atoms with Crippen molar-refractivity contribution < 1.29 is 9.53 Å². The van der Waals surface area contributed by atoms with E-state index in [4.69, 9.17) is 4.74 Å². The molecule has 3 rings (SSSR count). The average Bonchev–Trinajstić information content (AvgIpc) is 3.28. The predicted molar refractivity (Wildman–Crippen MR) is 95.5 cm³/mol. The zero-order valence-corrected chi connectivity index (χ0v) is 14.2. The van der Waals surface area contributed by atoms with E-state index in [0.717, 1.165) is 23.5 Å². The van der Waals surface area contributed by atoms with Crippen molar-refractivity contribution in [2.45, 2.75) is 19.4 Å². The molecule has 0 radical (unpaired) electrons. The van der Waals surface area contributed by atoms with Gasteiger partial charge in [-0.05, 0) is 41.4 Å². The number of carbonyl (C=O) groups excluding carboxylic acids is 1. The van der Waals surface area contributed by atoms with Crippen LogP contribution in [0.15, 0.2) is 59.8 Å². The fourth-order valence-corrected chi connectivity index (χ4v) is 3.03. The van der Waals surface area contributed by atoms with Gasteiger partial charge in [-0.3, -0.25) is 4.79 Å². The van der Waals surface area contributed by atoms with Crippen LogP contribution in [0.5, 0.6) is 5.75 Å². The molecule has 0 aliphatic carbocycles. The molecular formula is C18H19N3O2S. The van der Waals surface area contributed by atoms with Crippen LogP contribution in [0.4, 0.5) is 5.69 Å². The van der Waals surface area contributed by atoms with E-state index in [2.05, 4.69) is 10.3 Å². The van der Waals surface area contributed by atoms with Gasteiger partial charge in [0.25, 0.3) is 0 Å². The maximum atomic E-state index is 12.3. The fraction of sp³-hybridized carbons (Fsp3) is 0.222. The molecule has 2 heterocycles. The molecule has 6 heteroatoms. The van der Waals surface area contributed by atoms with E-state index in [1.807, 2.05) is 58.8 Å². The number of anilines is 1. The largest absolute Gasteiger partial charge is 0.492 e. The van der Waals surface area contributed by atoms with Crippen molar-refractivity contribution in [1.82, 2.24) is 9.55 Å². The minimum atomic E-state index is -0.179. The van der Waals surface area contributed by atoms with Gasteiger partial charge in [-0.15, -0.1) is 0 Å². The Balaban J connectivity index is 1.55. The quantitative estimate of drug-likeness (QED) is 0.712. The number of hydrogen-bond acceptors (Lipinski definition) is 4.